The zero-order valence-corrected chi connectivity index (χ0v) is 32.1. The zero-order valence-electron chi connectivity index (χ0n) is 32.1. The lowest BCUT2D eigenvalue weighted by atomic mass is 9.96. The first-order valence-electron chi connectivity index (χ1n) is 19.2. The summed E-state index contributed by atoms with van der Waals surface area (Å²) >= 11 is 0. The third kappa shape index (κ3) is 10.9. The van der Waals surface area contributed by atoms with Crippen molar-refractivity contribution in [2.75, 3.05) is 27.1 Å². The van der Waals surface area contributed by atoms with Gasteiger partial charge in [0.2, 0.25) is 5.91 Å². The van der Waals surface area contributed by atoms with Gasteiger partial charge in [-0.15, -0.1) is 0 Å². The number of hydrogen-bond donors (Lipinski definition) is 2. The Morgan fingerprint density at radius 1 is 0.684 bits per heavy atom. The van der Waals surface area contributed by atoms with Crippen LogP contribution in [-0.2, 0) is 72.0 Å². The molecule has 13 nitrogen and oxygen atoms in total. The maximum atomic E-state index is 12.5. The average Bonchev–Trinajstić information content (AvgIpc) is 3.25. The highest BCUT2D eigenvalue weighted by Gasteiger charge is 2.52. The van der Waals surface area contributed by atoms with Gasteiger partial charge >= 0.3 is 0 Å². The second-order valence-corrected chi connectivity index (χ2v) is 14.2. The molecule has 3 aliphatic heterocycles. The minimum Gasteiger partial charge on any atom is -0.368 e. The number of aliphatic hydroxyl groups excluding tert-OH is 1. The summed E-state index contributed by atoms with van der Waals surface area (Å²) in [6.45, 7) is 2.10. The number of aliphatic hydroxyl groups is 1. The summed E-state index contributed by atoms with van der Waals surface area (Å²) in [5, 5.41) is 14.2. The Balaban J connectivity index is 1.07. The second-order valence-electron chi connectivity index (χ2n) is 14.2. The number of rotatable bonds is 17. The minimum absolute atomic E-state index is 0.0109. The lowest BCUT2D eigenvalue weighted by molar-refractivity contribution is -0.370. The SMILES string of the molecule is CO[C@@H]1O[C@H](COCO[C@@H]2[C@@H](OCc3ccccc3)[C@H]3O[C@@H](c4ccccc4)OC[C@H]3O[C@@H]2O)[C@@H](OCc2ccccc2)[C@H](OCc2ccccc2)[C@H]1NC(C)=O. The van der Waals surface area contributed by atoms with Gasteiger partial charge in [-0.25, -0.2) is 0 Å². The highest BCUT2D eigenvalue weighted by molar-refractivity contribution is 5.73. The Bertz CT molecular complexity index is 1770. The number of ether oxygens (including phenoxy) is 10. The normalized spacial score (nSPS) is 30.0. The van der Waals surface area contributed by atoms with E-state index < -0.39 is 67.6 Å². The number of fused-ring (bicyclic) bond motifs is 1. The molecule has 3 saturated heterocycles. The van der Waals surface area contributed by atoms with Crippen LogP contribution >= 0.6 is 0 Å². The van der Waals surface area contributed by atoms with Gasteiger partial charge in [0.25, 0.3) is 0 Å². The van der Waals surface area contributed by atoms with E-state index in [4.69, 9.17) is 47.4 Å². The number of nitrogens with one attached hydrogen (secondary N) is 1. The van der Waals surface area contributed by atoms with E-state index in [1.54, 1.807) is 0 Å². The van der Waals surface area contributed by atoms with Crippen LogP contribution in [0.25, 0.3) is 0 Å². The molecule has 7 rings (SSSR count). The smallest absolute Gasteiger partial charge is 0.217 e. The Labute approximate surface area is 333 Å². The van der Waals surface area contributed by atoms with Crippen LogP contribution < -0.4 is 5.32 Å². The molecule has 0 unspecified atom stereocenters. The van der Waals surface area contributed by atoms with Crippen LogP contribution in [0.15, 0.2) is 121 Å². The molecule has 57 heavy (non-hydrogen) atoms. The molecular formula is C44H51NO12. The lowest BCUT2D eigenvalue weighted by Gasteiger charge is -2.48. The molecule has 3 aliphatic rings. The van der Waals surface area contributed by atoms with Gasteiger partial charge in [0.05, 0.1) is 33.0 Å². The van der Waals surface area contributed by atoms with Crippen molar-refractivity contribution in [1.29, 1.82) is 0 Å². The first-order valence-corrected chi connectivity index (χ1v) is 19.2. The van der Waals surface area contributed by atoms with Gasteiger partial charge in [0.1, 0.15) is 55.6 Å². The fourth-order valence-corrected chi connectivity index (χ4v) is 7.33. The van der Waals surface area contributed by atoms with Gasteiger partial charge in [-0.2, -0.15) is 0 Å². The molecule has 1 amide bonds. The Kier molecular flexibility index (Phi) is 14.8. The topological polar surface area (TPSA) is 142 Å². The summed E-state index contributed by atoms with van der Waals surface area (Å²) in [6, 6.07) is 38.2. The first kappa shape index (κ1) is 41.1. The summed E-state index contributed by atoms with van der Waals surface area (Å²) < 4.78 is 62.6. The largest absolute Gasteiger partial charge is 0.368 e. The summed E-state index contributed by atoms with van der Waals surface area (Å²) in [5.41, 5.74) is 3.69. The van der Waals surface area contributed by atoms with Crippen LogP contribution in [0.3, 0.4) is 0 Å². The van der Waals surface area contributed by atoms with E-state index in [1.807, 2.05) is 121 Å². The maximum Gasteiger partial charge on any atom is 0.217 e. The fourth-order valence-electron chi connectivity index (χ4n) is 7.33. The van der Waals surface area contributed by atoms with Gasteiger partial charge in [-0.05, 0) is 16.7 Å². The number of amides is 1. The summed E-state index contributed by atoms with van der Waals surface area (Å²) in [6.07, 6.45) is -8.01. The van der Waals surface area contributed by atoms with Gasteiger partial charge < -0.3 is 57.8 Å². The molecule has 13 heteroatoms. The number of methoxy groups -OCH3 is 1. The van der Waals surface area contributed by atoms with E-state index in [0.29, 0.717) is 0 Å². The molecule has 0 radical (unpaired) electrons. The monoisotopic (exact) mass is 785 g/mol. The minimum atomic E-state index is -1.36. The van der Waals surface area contributed by atoms with Crippen LogP contribution in [0.1, 0.15) is 35.5 Å². The van der Waals surface area contributed by atoms with Gasteiger partial charge in [0.15, 0.2) is 18.9 Å². The van der Waals surface area contributed by atoms with E-state index in [-0.39, 0.29) is 45.7 Å². The zero-order chi connectivity index (χ0) is 39.4. The van der Waals surface area contributed by atoms with Crippen molar-refractivity contribution in [1.82, 2.24) is 5.32 Å². The molecule has 3 heterocycles. The predicted octanol–water partition coefficient (Wildman–Crippen LogP) is 4.81. The van der Waals surface area contributed by atoms with Crippen LogP contribution in [0.5, 0.6) is 0 Å². The number of hydrogen-bond acceptors (Lipinski definition) is 12. The van der Waals surface area contributed by atoms with E-state index in [0.717, 1.165) is 22.3 Å². The van der Waals surface area contributed by atoms with Crippen molar-refractivity contribution in [2.45, 2.75) is 94.4 Å². The van der Waals surface area contributed by atoms with Gasteiger partial charge in [0, 0.05) is 19.6 Å². The molecule has 0 bridgehead atoms. The highest BCUT2D eigenvalue weighted by atomic mass is 16.8. The number of carbonyl (C=O) groups excluding carboxylic acids is 1. The molecule has 0 saturated carbocycles. The summed E-state index contributed by atoms with van der Waals surface area (Å²) in [4.78, 5) is 12.5. The molecule has 304 valence electrons. The van der Waals surface area contributed by atoms with Crippen LogP contribution in [0.2, 0.25) is 0 Å². The van der Waals surface area contributed by atoms with E-state index in [2.05, 4.69) is 5.32 Å². The quantitative estimate of drug-likeness (QED) is 0.112. The molecule has 11 atom stereocenters. The van der Waals surface area contributed by atoms with Crippen LogP contribution in [0.4, 0.5) is 0 Å². The van der Waals surface area contributed by atoms with Crippen molar-refractivity contribution in [3.05, 3.63) is 144 Å². The lowest BCUT2D eigenvalue weighted by Crippen LogP contribution is -2.66. The molecule has 0 spiro atoms. The molecule has 0 aromatic heterocycles. The predicted molar refractivity (Wildman–Crippen MR) is 205 cm³/mol. The molecular weight excluding hydrogens is 734 g/mol. The van der Waals surface area contributed by atoms with Crippen molar-refractivity contribution in [2.24, 2.45) is 0 Å². The first-order chi connectivity index (χ1) is 28.0. The second kappa shape index (κ2) is 20.6. The fraction of sp³-hybridized carbons (Fsp3) is 0.432. The molecule has 2 N–H and O–H groups in total. The van der Waals surface area contributed by atoms with Crippen molar-refractivity contribution in [3.63, 3.8) is 0 Å². The van der Waals surface area contributed by atoms with Crippen molar-refractivity contribution < 1.29 is 57.3 Å². The maximum absolute atomic E-state index is 12.5. The van der Waals surface area contributed by atoms with Crippen molar-refractivity contribution >= 4 is 5.91 Å². The Hall–Kier alpha value is -4.09. The van der Waals surface area contributed by atoms with Gasteiger partial charge in [-0.3, -0.25) is 4.79 Å². The standard InChI is InChI=1S/C44H51NO12/c1-29(46)45-36-39(51-24-31-17-9-4-10-18-31)37(50-23-30-15-7-3-8-16-30)34(56-44(36)48-2)26-49-28-54-41-40(52-25-32-19-11-5-12-20-32)38-35(55-42(41)47)27-53-43(57-38)33-21-13-6-14-22-33/h3-22,34-44,47H,23-28H2,1-2H3,(H,45,46)/t34-,35-,36-,37-,38+,39-,40+,41-,42+,43+,44-/m1/s1. The third-order valence-electron chi connectivity index (χ3n) is 10.1. The van der Waals surface area contributed by atoms with Crippen LogP contribution in [0, 0.1) is 0 Å². The van der Waals surface area contributed by atoms with E-state index >= 15 is 0 Å². The van der Waals surface area contributed by atoms with E-state index in [9.17, 15) is 9.90 Å². The molecule has 4 aromatic carbocycles. The summed E-state index contributed by atoms with van der Waals surface area (Å²) in [7, 11) is 1.51. The Morgan fingerprint density at radius 2 is 1.23 bits per heavy atom. The Morgan fingerprint density at radius 3 is 1.79 bits per heavy atom. The number of carbonyl (C=O) groups is 1. The number of benzene rings is 4. The van der Waals surface area contributed by atoms with Gasteiger partial charge in [-0.1, -0.05) is 121 Å². The molecule has 3 fully saturated rings. The third-order valence-corrected chi connectivity index (χ3v) is 10.1. The van der Waals surface area contributed by atoms with Crippen molar-refractivity contribution in [3.8, 4) is 0 Å². The average molecular weight is 786 g/mol. The highest BCUT2D eigenvalue weighted by Crippen LogP contribution is 2.36. The molecule has 4 aromatic rings. The molecule has 0 aliphatic carbocycles. The van der Waals surface area contributed by atoms with E-state index in [1.165, 1.54) is 14.0 Å². The van der Waals surface area contributed by atoms with Crippen LogP contribution in [-0.4, -0.2) is 99.5 Å². The summed E-state index contributed by atoms with van der Waals surface area (Å²) in [5.74, 6) is -0.271.